The third-order valence-corrected chi connectivity index (χ3v) is 4.13. The van der Waals surface area contributed by atoms with Crippen molar-refractivity contribution in [2.45, 2.75) is 32.2 Å². The van der Waals surface area contributed by atoms with E-state index in [2.05, 4.69) is 10.1 Å². The lowest BCUT2D eigenvalue weighted by Gasteiger charge is -2.20. The first-order chi connectivity index (χ1) is 13.0. The predicted molar refractivity (Wildman–Crippen MR) is 91.4 cm³/mol. The van der Waals surface area contributed by atoms with Crippen LogP contribution in [0.4, 0.5) is 13.2 Å². The quantitative estimate of drug-likeness (QED) is 0.705. The fourth-order valence-electron chi connectivity index (χ4n) is 2.67. The Labute approximate surface area is 156 Å². The molecule has 1 aromatic carbocycles. The molecular weight excluding hydrogens is 379 g/mol. The van der Waals surface area contributed by atoms with Crippen LogP contribution in [-0.4, -0.2) is 24.9 Å². The molecule has 28 heavy (non-hydrogen) atoms. The van der Waals surface area contributed by atoms with Gasteiger partial charge >= 0.3 is 6.18 Å². The molecule has 3 aromatic rings. The maximum atomic E-state index is 12.9. The summed E-state index contributed by atoms with van der Waals surface area (Å²) in [6, 6.07) is 5.93. The SMILES string of the molecule is Cc1cc(O)ccc1-c1noc(C(C)(O)Cn2cc(C(F)(F)F)ccc2=O)n1. The summed E-state index contributed by atoms with van der Waals surface area (Å²) in [4.78, 5) is 16.0. The second kappa shape index (κ2) is 6.79. The van der Waals surface area contributed by atoms with Gasteiger partial charge in [-0.05, 0) is 43.7 Å². The molecule has 0 spiro atoms. The highest BCUT2D eigenvalue weighted by atomic mass is 19.4. The van der Waals surface area contributed by atoms with E-state index in [9.17, 15) is 28.2 Å². The minimum atomic E-state index is -4.63. The molecule has 0 aliphatic heterocycles. The topological polar surface area (TPSA) is 101 Å². The molecule has 0 fully saturated rings. The molecule has 0 radical (unpaired) electrons. The Balaban J connectivity index is 1.92. The maximum absolute atomic E-state index is 12.9. The summed E-state index contributed by atoms with van der Waals surface area (Å²) >= 11 is 0. The first kappa shape index (κ1) is 19.6. The molecule has 0 aliphatic rings. The number of benzene rings is 1. The fraction of sp³-hybridized carbons (Fsp3) is 0.278. The fourth-order valence-corrected chi connectivity index (χ4v) is 2.67. The molecule has 2 heterocycles. The number of hydrogen-bond acceptors (Lipinski definition) is 6. The van der Waals surface area contributed by atoms with Crippen LogP contribution in [-0.2, 0) is 18.3 Å². The highest BCUT2D eigenvalue weighted by Crippen LogP contribution is 2.30. The standard InChI is InChI=1S/C18H16F3N3O4/c1-10-7-12(25)4-5-13(10)15-22-16(28-23-15)17(2,27)9-24-8-11(18(19,20)21)3-6-14(24)26/h3-8,25,27H,9H2,1-2H3. The number of aliphatic hydroxyl groups is 1. The first-order valence-corrected chi connectivity index (χ1v) is 8.11. The number of alkyl halides is 3. The Morgan fingerprint density at radius 1 is 1.21 bits per heavy atom. The van der Waals surface area contributed by atoms with Crippen molar-refractivity contribution in [2.75, 3.05) is 0 Å². The molecule has 1 unspecified atom stereocenters. The largest absolute Gasteiger partial charge is 0.508 e. The van der Waals surface area contributed by atoms with E-state index in [4.69, 9.17) is 4.52 Å². The molecule has 2 N–H and O–H groups in total. The van der Waals surface area contributed by atoms with E-state index in [0.717, 1.165) is 10.6 Å². The lowest BCUT2D eigenvalue weighted by atomic mass is 10.1. The molecule has 0 saturated heterocycles. The van der Waals surface area contributed by atoms with Crippen molar-refractivity contribution in [3.63, 3.8) is 0 Å². The number of halogens is 3. The number of aromatic hydroxyl groups is 1. The van der Waals surface area contributed by atoms with Gasteiger partial charge in [-0.3, -0.25) is 4.79 Å². The van der Waals surface area contributed by atoms with Gasteiger partial charge in [0.25, 0.3) is 11.4 Å². The van der Waals surface area contributed by atoms with E-state index < -0.39 is 29.4 Å². The number of pyridine rings is 1. The van der Waals surface area contributed by atoms with E-state index in [0.29, 0.717) is 23.4 Å². The number of phenols is 1. The Kier molecular flexibility index (Phi) is 4.76. The number of rotatable bonds is 4. The molecule has 0 aliphatic carbocycles. The van der Waals surface area contributed by atoms with Crippen molar-refractivity contribution in [3.8, 4) is 17.1 Å². The summed E-state index contributed by atoms with van der Waals surface area (Å²) in [5.41, 5.74) is -2.44. The van der Waals surface area contributed by atoms with Gasteiger partial charge in [-0.1, -0.05) is 5.16 Å². The number of aromatic nitrogens is 3. The molecular formula is C18H16F3N3O4. The lowest BCUT2D eigenvalue weighted by molar-refractivity contribution is -0.138. The van der Waals surface area contributed by atoms with Crippen LogP contribution < -0.4 is 5.56 Å². The Bertz CT molecular complexity index is 1070. The van der Waals surface area contributed by atoms with Crippen LogP contribution in [0.5, 0.6) is 5.75 Å². The zero-order valence-electron chi connectivity index (χ0n) is 14.9. The van der Waals surface area contributed by atoms with Gasteiger partial charge in [0.15, 0.2) is 5.60 Å². The van der Waals surface area contributed by atoms with Crippen molar-refractivity contribution in [2.24, 2.45) is 0 Å². The number of phenolic OH excluding ortho intramolecular Hbond substituents is 1. The summed E-state index contributed by atoms with van der Waals surface area (Å²) < 4.78 is 44.4. The summed E-state index contributed by atoms with van der Waals surface area (Å²) in [6.07, 6.45) is -4.01. The minimum absolute atomic E-state index is 0.0564. The monoisotopic (exact) mass is 395 g/mol. The van der Waals surface area contributed by atoms with Crippen LogP contribution in [0, 0.1) is 6.92 Å². The Morgan fingerprint density at radius 3 is 2.57 bits per heavy atom. The molecule has 0 amide bonds. The Morgan fingerprint density at radius 2 is 1.93 bits per heavy atom. The van der Waals surface area contributed by atoms with Gasteiger partial charge in [0.1, 0.15) is 5.75 Å². The van der Waals surface area contributed by atoms with Crippen molar-refractivity contribution >= 4 is 0 Å². The molecule has 3 rings (SSSR count). The molecule has 10 heteroatoms. The zero-order chi connectivity index (χ0) is 20.7. The van der Waals surface area contributed by atoms with Gasteiger partial charge in [0.05, 0.1) is 12.1 Å². The van der Waals surface area contributed by atoms with E-state index in [1.54, 1.807) is 13.0 Å². The van der Waals surface area contributed by atoms with E-state index in [-0.39, 0.29) is 17.5 Å². The highest BCUT2D eigenvalue weighted by molar-refractivity contribution is 5.60. The normalized spacial score (nSPS) is 14.1. The van der Waals surface area contributed by atoms with Gasteiger partial charge < -0.3 is 19.3 Å². The molecule has 1 atom stereocenters. The molecule has 0 bridgehead atoms. The smallest absolute Gasteiger partial charge is 0.417 e. The van der Waals surface area contributed by atoms with Gasteiger partial charge in [-0.2, -0.15) is 18.2 Å². The van der Waals surface area contributed by atoms with Gasteiger partial charge in [0.2, 0.25) is 5.82 Å². The second-order valence-electron chi connectivity index (χ2n) is 6.58. The van der Waals surface area contributed by atoms with Crippen molar-refractivity contribution < 1.29 is 27.9 Å². The number of nitrogens with zero attached hydrogens (tertiary/aromatic N) is 3. The van der Waals surface area contributed by atoms with Crippen LogP contribution in [0.2, 0.25) is 0 Å². The van der Waals surface area contributed by atoms with Crippen LogP contribution >= 0.6 is 0 Å². The van der Waals surface area contributed by atoms with Crippen LogP contribution in [0.3, 0.4) is 0 Å². The van der Waals surface area contributed by atoms with Gasteiger partial charge in [-0.25, -0.2) is 0 Å². The summed E-state index contributed by atoms with van der Waals surface area (Å²) in [6.45, 7) is 2.44. The first-order valence-electron chi connectivity index (χ1n) is 8.11. The molecule has 2 aromatic heterocycles. The number of aryl methyl sites for hydroxylation is 1. The average molecular weight is 395 g/mol. The third-order valence-electron chi connectivity index (χ3n) is 4.13. The van der Waals surface area contributed by atoms with E-state index in [1.165, 1.54) is 19.1 Å². The van der Waals surface area contributed by atoms with Crippen LogP contribution in [0.15, 0.2) is 45.8 Å². The van der Waals surface area contributed by atoms with E-state index in [1.807, 2.05) is 0 Å². The number of hydrogen-bond donors (Lipinski definition) is 2. The predicted octanol–water partition coefficient (Wildman–Crippen LogP) is 2.84. The van der Waals surface area contributed by atoms with E-state index >= 15 is 0 Å². The van der Waals surface area contributed by atoms with Crippen molar-refractivity contribution in [1.82, 2.24) is 14.7 Å². The summed E-state index contributed by atoms with van der Waals surface area (Å²) in [7, 11) is 0. The molecule has 7 nitrogen and oxygen atoms in total. The second-order valence-corrected chi connectivity index (χ2v) is 6.58. The molecule has 0 saturated carbocycles. The zero-order valence-corrected chi connectivity index (χ0v) is 14.9. The van der Waals surface area contributed by atoms with Crippen molar-refractivity contribution in [1.29, 1.82) is 0 Å². The lowest BCUT2D eigenvalue weighted by Crippen LogP contribution is -2.34. The van der Waals surface area contributed by atoms with Crippen molar-refractivity contribution in [3.05, 3.63) is 63.9 Å². The average Bonchev–Trinajstić information content (AvgIpc) is 3.06. The van der Waals surface area contributed by atoms with Crippen LogP contribution in [0.1, 0.15) is 23.9 Å². The highest BCUT2D eigenvalue weighted by Gasteiger charge is 2.34. The summed E-state index contributed by atoms with van der Waals surface area (Å²) in [5, 5.41) is 23.9. The van der Waals surface area contributed by atoms with Gasteiger partial charge in [0, 0.05) is 17.8 Å². The Hall–Kier alpha value is -3.14. The van der Waals surface area contributed by atoms with Gasteiger partial charge in [-0.15, -0.1) is 0 Å². The third kappa shape index (κ3) is 3.91. The summed E-state index contributed by atoms with van der Waals surface area (Å²) in [5.74, 6) is -0.0793. The minimum Gasteiger partial charge on any atom is -0.508 e. The maximum Gasteiger partial charge on any atom is 0.417 e. The van der Waals surface area contributed by atoms with Crippen LogP contribution in [0.25, 0.3) is 11.4 Å². The molecule has 148 valence electrons.